The van der Waals surface area contributed by atoms with Crippen molar-refractivity contribution < 1.29 is 9.18 Å². The summed E-state index contributed by atoms with van der Waals surface area (Å²) in [6.45, 7) is 3.05. The largest absolute Gasteiger partial charge is 0.311 e. The van der Waals surface area contributed by atoms with Crippen LogP contribution in [0.4, 0.5) is 10.2 Å². The van der Waals surface area contributed by atoms with Gasteiger partial charge in [0.15, 0.2) is 0 Å². The lowest BCUT2D eigenvalue weighted by Crippen LogP contribution is -2.07. The van der Waals surface area contributed by atoms with Gasteiger partial charge in [-0.25, -0.2) is 4.98 Å². The van der Waals surface area contributed by atoms with Crippen LogP contribution in [-0.4, -0.2) is 10.9 Å². The second-order valence-electron chi connectivity index (χ2n) is 1.89. The van der Waals surface area contributed by atoms with Crippen LogP contribution in [-0.2, 0) is 4.79 Å². The van der Waals surface area contributed by atoms with Crippen LogP contribution in [0.3, 0.4) is 0 Å². The normalized spacial score (nSPS) is 9.27. The van der Waals surface area contributed by atoms with E-state index >= 15 is 0 Å². The number of hydrogen-bond acceptors (Lipinski definition) is 2. The van der Waals surface area contributed by atoms with Crippen molar-refractivity contribution in [2.75, 3.05) is 5.32 Å². The molecule has 1 rings (SSSR count). The van der Waals surface area contributed by atoms with Crippen LogP contribution in [0, 0.1) is 12.9 Å². The van der Waals surface area contributed by atoms with Crippen LogP contribution in [0.15, 0.2) is 18.2 Å². The number of nitrogens with zero attached hydrogens (tertiary/aromatic N) is 1. The van der Waals surface area contributed by atoms with Gasteiger partial charge in [0.1, 0.15) is 5.82 Å². The standard InChI is InChI=1S/C7H6FN2O/c1-5(11)9-7-4-2-3-6(8)10-7/h2-4H,1H2,(H,9,10,11). The Morgan fingerprint density at radius 1 is 1.64 bits per heavy atom. The molecule has 0 aliphatic carbocycles. The quantitative estimate of drug-likeness (QED) is 0.611. The van der Waals surface area contributed by atoms with E-state index in [-0.39, 0.29) is 5.82 Å². The maximum Gasteiger partial charge on any atom is 0.226 e. The molecule has 0 unspecified atom stereocenters. The first-order chi connectivity index (χ1) is 5.18. The molecule has 0 fully saturated rings. The van der Waals surface area contributed by atoms with Crippen molar-refractivity contribution in [3.8, 4) is 0 Å². The highest BCUT2D eigenvalue weighted by molar-refractivity contribution is 5.92. The van der Waals surface area contributed by atoms with Crippen molar-refractivity contribution >= 4 is 11.7 Å². The first-order valence-electron chi connectivity index (χ1n) is 2.94. The molecular weight excluding hydrogens is 147 g/mol. The van der Waals surface area contributed by atoms with Gasteiger partial charge >= 0.3 is 0 Å². The van der Waals surface area contributed by atoms with Crippen molar-refractivity contribution in [3.63, 3.8) is 0 Å². The molecule has 0 aromatic carbocycles. The fourth-order valence-electron chi connectivity index (χ4n) is 0.621. The predicted molar refractivity (Wildman–Crippen MR) is 38.2 cm³/mol. The Kier molecular flexibility index (Phi) is 2.15. The minimum Gasteiger partial charge on any atom is -0.311 e. The smallest absolute Gasteiger partial charge is 0.226 e. The summed E-state index contributed by atoms with van der Waals surface area (Å²) < 4.78 is 12.3. The molecule has 57 valence electrons. The summed E-state index contributed by atoms with van der Waals surface area (Å²) in [5, 5.41) is 2.24. The Hall–Kier alpha value is -1.45. The van der Waals surface area contributed by atoms with E-state index in [1.807, 2.05) is 0 Å². The molecule has 1 aromatic rings. The van der Waals surface area contributed by atoms with Gasteiger partial charge in [0, 0.05) is 6.92 Å². The molecule has 0 atom stereocenters. The molecular formula is C7H6FN2O. The van der Waals surface area contributed by atoms with Gasteiger partial charge in [0.2, 0.25) is 11.9 Å². The summed E-state index contributed by atoms with van der Waals surface area (Å²) >= 11 is 0. The van der Waals surface area contributed by atoms with Crippen molar-refractivity contribution in [2.24, 2.45) is 0 Å². The Morgan fingerprint density at radius 2 is 2.36 bits per heavy atom. The van der Waals surface area contributed by atoms with E-state index in [2.05, 4.69) is 17.2 Å². The molecule has 0 saturated carbocycles. The molecule has 0 aliphatic heterocycles. The number of nitrogens with one attached hydrogen (secondary N) is 1. The highest BCUT2D eigenvalue weighted by atomic mass is 19.1. The average Bonchev–Trinajstić information content (AvgIpc) is 1.85. The number of rotatable bonds is 1. The predicted octanol–water partition coefficient (Wildman–Crippen LogP) is 0.993. The summed E-state index contributed by atoms with van der Waals surface area (Å²) in [6.07, 6.45) is 0. The van der Waals surface area contributed by atoms with E-state index < -0.39 is 11.9 Å². The van der Waals surface area contributed by atoms with Crippen LogP contribution >= 0.6 is 0 Å². The topological polar surface area (TPSA) is 42.0 Å². The van der Waals surface area contributed by atoms with Gasteiger partial charge in [-0.05, 0) is 12.1 Å². The van der Waals surface area contributed by atoms with Crippen LogP contribution in [0.2, 0.25) is 0 Å². The van der Waals surface area contributed by atoms with E-state index in [0.29, 0.717) is 0 Å². The van der Waals surface area contributed by atoms with Crippen LogP contribution in [0.5, 0.6) is 0 Å². The lowest BCUT2D eigenvalue weighted by atomic mass is 10.4. The second kappa shape index (κ2) is 3.09. The number of anilines is 1. The minimum absolute atomic E-state index is 0.171. The highest BCUT2D eigenvalue weighted by Gasteiger charge is 1.96. The van der Waals surface area contributed by atoms with Crippen molar-refractivity contribution in [3.05, 3.63) is 31.1 Å². The van der Waals surface area contributed by atoms with E-state index in [0.717, 1.165) is 0 Å². The lowest BCUT2D eigenvalue weighted by Gasteiger charge is -1.98. The number of carbonyl (C=O) groups excluding carboxylic acids is 1. The number of pyridine rings is 1. The fourth-order valence-corrected chi connectivity index (χ4v) is 0.621. The van der Waals surface area contributed by atoms with Gasteiger partial charge in [-0.1, -0.05) is 6.07 Å². The van der Waals surface area contributed by atoms with Crippen molar-refractivity contribution in [1.29, 1.82) is 0 Å². The molecule has 4 heteroatoms. The zero-order valence-electron chi connectivity index (χ0n) is 5.67. The summed E-state index contributed by atoms with van der Waals surface area (Å²) in [7, 11) is 0. The monoisotopic (exact) mass is 153 g/mol. The van der Waals surface area contributed by atoms with Crippen LogP contribution in [0.25, 0.3) is 0 Å². The van der Waals surface area contributed by atoms with Gasteiger partial charge in [-0.3, -0.25) is 4.79 Å². The molecule has 1 radical (unpaired) electrons. The number of carbonyl (C=O) groups is 1. The molecule has 11 heavy (non-hydrogen) atoms. The third kappa shape index (κ3) is 2.33. The van der Waals surface area contributed by atoms with Crippen molar-refractivity contribution in [2.45, 2.75) is 0 Å². The second-order valence-corrected chi connectivity index (χ2v) is 1.89. The molecule has 1 heterocycles. The Balaban J connectivity index is 2.79. The zero-order chi connectivity index (χ0) is 8.27. The third-order valence-corrected chi connectivity index (χ3v) is 0.983. The first kappa shape index (κ1) is 7.65. The SMILES string of the molecule is [CH2]C(=O)Nc1cccc(F)n1. The fraction of sp³-hybridized carbons (Fsp3) is 0. The van der Waals surface area contributed by atoms with Gasteiger partial charge in [-0.15, -0.1) is 0 Å². The summed E-state index contributed by atoms with van der Waals surface area (Å²) in [4.78, 5) is 13.7. The Bertz CT molecular complexity index is 275. The first-order valence-corrected chi connectivity index (χ1v) is 2.94. The van der Waals surface area contributed by atoms with Gasteiger partial charge in [0.05, 0.1) is 0 Å². The molecule has 0 bridgehead atoms. The van der Waals surface area contributed by atoms with Gasteiger partial charge in [-0.2, -0.15) is 4.39 Å². The molecule has 1 amide bonds. The van der Waals surface area contributed by atoms with Crippen LogP contribution in [0.1, 0.15) is 0 Å². The summed E-state index contributed by atoms with van der Waals surface area (Å²) in [6, 6.07) is 4.12. The van der Waals surface area contributed by atoms with E-state index in [9.17, 15) is 9.18 Å². The maximum atomic E-state index is 12.3. The third-order valence-electron chi connectivity index (χ3n) is 0.983. The van der Waals surface area contributed by atoms with Crippen molar-refractivity contribution in [1.82, 2.24) is 4.98 Å². The zero-order valence-corrected chi connectivity index (χ0v) is 5.67. The van der Waals surface area contributed by atoms with E-state index in [1.54, 1.807) is 0 Å². The highest BCUT2D eigenvalue weighted by Crippen LogP contribution is 2.02. The minimum atomic E-state index is -0.628. The molecule has 0 saturated heterocycles. The Labute approximate surface area is 63.3 Å². The molecule has 0 spiro atoms. The number of aromatic nitrogens is 1. The molecule has 3 nitrogen and oxygen atoms in total. The molecule has 1 N–H and O–H groups in total. The summed E-state index contributed by atoms with van der Waals surface area (Å²) in [5.41, 5.74) is 0. The van der Waals surface area contributed by atoms with E-state index in [1.165, 1.54) is 18.2 Å². The number of hydrogen-bond donors (Lipinski definition) is 1. The lowest BCUT2D eigenvalue weighted by molar-refractivity contribution is -0.112. The van der Waals surface area contributed by atoms with E-state index in [4.69, 9.17) is 0 Å². The number of amides is 1. The maximum absolute atomic E-state index is 12.3. The summed E-state index contributed by atoms with van der Waals surface area (Å²) in [5.74, 6) is -0.968. The molecule has 1 aromatic heterocycles. The van der Waals surface area contributed by atoms with Gasteiger partial charge in [0.25, 0.3) is 0 Å². The van der Waals surface area contributed by atoms with Crippen LogP contribution < -0.4 is 5.32 Å². The molecule has 0 aliphatic rings. The number of halogens is 1. The Morgan fingerprint density at radius 3 is 2.91 bits per heavy atom. The average molecular weight is 153 g/mol. The van der Waals surface area contributed by atoms with Gasteiger partial charge < -0.3 is 5.32 Å².